The highest BCUT2D eigenvalue weighted by atomic mass is 32.2. The van der Waals surface area contributed by atoms with Crippen molar-refractivity contribution >= 4 is 27.5 Å². The van der Waals surface area contributed by atoms with Crippen LogP contribution in [0.5, 0.6) is 5.75 Å². The quantitative estimate of drug-likeness (QED) is 0.690. The summed E-state index contributed by atoms with van der Waals surface area (Å²) in [6.45, 7) is 4.88. The third-order valence-electron chi connectivity index (χ3n) is 3.05. The molecule has 1 aromatic rings. The summed E-state index contributed by atoms with van der Waals surface area (Å²) in [4.78, 5) is 23.2. The van der Waals surface area contributed by atoms with Crippen LogP contribution in [0, 0.1) is 5.92 Å². The largest absolute Gasteiger partial charge is 0.495 e. The lowest BCUT2D eigenvalue weighted by atomic mass is 10.0. The molecule has 0 bridgehead atoms. The summed E-state index contributed by atoms with van der Waals surface area (Å²) in [6.07, 6.45) is 0. The van der Waals surface area contributed by atoms with Crippen LogP contribution in [0.4, 0.5) is 5.69 Å². The zero-order valence-corrected chi connectivity index (χ0v) is 14.2. The topological polar surface area (TPSA) is 128 Å². The minimum Gasteiger partial charge on any atom is -0.495 e. The van der Waals surface area contributed by atoms with Crippen LogP contribution >= 0.6 is 0 Å². The standard InChI is InChI=1S/C14H21N3O5S/c1-8(2)13(16-9(3)18)14(19)17-10-5-6-11(22-4)12(7-10)23(15,20)21/h5-8,13H,1-4H3,(H,16,18)(H,17,19)(H2,15,20,21)/t13-/m1/s1. The Morgan fingerprint density at radius 1 is 1.26 bits per heavy atom. The average molecular weight is 343 g/mol. The van der Waals surface area contributed by atoms with Gasteiger partial charge >= 0.3 is 0 Å². The Hall–Kier alpha value is -2.13. The number of hydrogen-bond acceptors (Lipinski definition) is 5. The molecular formula is C14H21N3O5S. The Labute approximate surface area is 135 Å². The van der Waals surface area contributed by atoms with Gasteiger partial charge in [-0.2, -0.15) is 0 Å². The van der Waals surface area contributed by atoms with Gasteiger partial charge in [-0.15, -0.1) is 0 Å². The first-order valence-electron chi connectivity index (χ1n) is 6.85. The van der Waals surface area contributed by atoms with E-state index in [9.17, 15) is 18.0 Å². The second-order valence-corrected chi connectivity index (χ2v) is 6.85. The van der Waals surface area contributed by atoms with Gasteiger partial charge in [-0.1, -0.05) is 13.8 Å². The van der Waals surface area contributed by atoms with Gasteiger partial charge in [0, 0.05) is 12.6 Å². The van der Waals surface area contributed by atoms with E-state index < -0.39 is 22.0 Å². The number of nitrogens with one attached hydrogen (secondary N) is 2. The Bertz CT molecular complexity index is 700. The molecule has 1 aromatic carbocycles. The van der Waals surface area contributed by atoms with Crippen LogP contribution in [0.1, 0.15) is 20.8 Å². The van der Waals surface area contributed by atoms with Crippen LogP contribution in [0.3, 0.4) is 0 Å². The van der Waals surface area contributed by atoms with E-state index >= 15 is 0 Å². The predicted octanol–water partition coefficient (Wildman–Crippen LogP) is 0.442. The van der Waals surface area contributed by atoms with E-state index in [4.69, 9.17) is 9.88 Å². The Kier molecular flexibility index (Phi) is 6.11. The lowest BCUT2D eigenvalue weighted by Gasteiger charge is -2.21. The van der Waals surface area contributed by atoms with Gasteiger partial charge in [0.25, 0.3) is 0 Å². The summed E-state index contributed by atoms with van der Waals surface area (Å²) < 4.78 is 28.1. The van der Waals surface area contributed by atoms with Crippen molar-refractivity contribution < 1.29 is 22.7 Å². The van der Waals surface area contributed by atoms with Gasteiger partial charge in [0.1, 0.15) is 16.7 Å². The maximum absolute atomic E-state index is 12.3. The molecule has 0 aliphatic carbocycles. The van der Waals surface area contributed by atoms with Crippen LogP contribution in [0.15, 0.2) is 23.1 Å². The molecule has 128 valence electrons. The first-order chi connectivity index (χ1) is 10.6. The number of benzene rings is 1. The minimum absolute atomic E-state index is 0.0766. The number of carbonyl (C=O) groups excluding carboxylic acids is 2. The fourth-order valence-electron chi connectivity index (χ4n) is 1.95. The summed E-state index contributed by atoms with van der Waals surface area (Å²) in [5.41, 5.74) is 0.232. The monoisotopic (exact) mass is 343 g/mol. The van der Waals surface area contributed by atoms with Crippen LogP contribution in [-0.2, 0) is 19.6 Å². The lowest BCUT2D eigenvalue weighted by molar-refractivity contribution is -0.126. The number of anilines is 1. The van der Waals surface area contributed by atoms with Gasteiger partial charge in [-0.3, -0.25) is 9.59 Å². The van der Waals surface area contributed by atoms with Crippen LogP contribution < -0.4 is 20.5 Å². The molecule has 4 N–H and O–H groups in total. The van der Waals surface area contributed by atoms with Gasteiger partial charge < -0.3 is 15.4 Å². The van der Waals surface area contributed by atoms with Gasteiger partial charge in [-0.05, 0) is 24.1 Å². The van der Waals surface area contributed by atoms with E-state index in [-0.39, 0.29) is 28.2 Å². The Balaban J connectivity index is 3.09. The molecule has 1 rings (SSSR count). The maximum Gasteiger partial charge on any atom is 0.247 e. The summed E-state index contributed by atoms with van der Waals surface area (Å²) in [5.74, 6) is -0.859. The smallest absolute Gasteiger partial charge is 0.247 e. The summed E-state index contributed by atoms with van der Waals surface area (Å²) in [6, 6.07) is 3.33. The van der Waals surface area contributed by atoms with Crippen molar-refractivity contribution in [3.63, 3.8) is 0 Å². The molecule has 0 heterocycles. The van der Waals surface area contributed by atoms with Crippen molar-refractivity contribution in [2.45, 2.75) is 31.7 Å². The average Bonchev–Trinajstić information content (AvgIpc) is 2.43. The van der Waals surface area contributed by atoms with E-state index in [0.29, 0.717) is 0 Å². The molecule has 0 fully saturated rings. The van der Waals surface area contributed by atoms with Gasteiger partial charge in [0.2, 0.25) is 21.8 Å². The molecule has 0 aromatic heterocycles. The van der Waals surface area contributed by atoms with Crippen LogP contribution in [0.2, 0.25) is 0 Å². The number of hydrogen-bond donors (Lipinski definition) is 3. The lowest BCUT2D eigenvalue weighted by Crippen LogP contribution is -2.46. The summed E-state index contributed by atoms with van der Waals surface area (Å²) in [5, 5.41) is 10.2. The third kappa shape index (κ3) is 5.22. The normalized spacial score (nSPS) is 12.6. The number of sulfonamides is 1. The molecule has 0 radical (unpaired) electrons. The van der Waals surface area contributed by atoms with E-state index in [1.807, 2.05) is 0 Å². The highest BCUT2D eigenvalue weighted by Gasteiger charge is 2.24. The fourth-order valence-corrected chi connectivity index (χ4v) is 2.67. The number of ether oxygens (including phenoxy) is 1. The number of nitrogens with two attached hydrogens (primary N) is 1. The molecule has 1 atom stereocenters. The minimum atomic E-state index is -4.01. The Morgan fingerprint density at radius 3 is 2.30 bits per heavy atom. The zero-order chi connectivity index (χ0) is 17.8. The second-order valence-electron chi connectivity index (χ2n) is 5.32. The van der Waals surface area contributed by atoms with E-state index in [2.05, 4.69) is 10.6 Å². The SMILES string of the molecule is COc1ccc(NC(=O)[C@H](NC(C)=O)C(C)C)cc1S(N)(=O)=O. The fraction of sp³-hybridized carbons (Fsp3) is 0.429. The highest BCUT2D eigenvalue weighted by molar-refractivity contribution is 7.89. The molecule has 9 heteroatoms. The first-order valence-corrected chi connectivity index (χ1v) is 8.39. The van der Waals surface area contributed by atoms with Crippen molar-refractivity contribution in [2.75, 3.05) is 12.4 Å². The number of amides is 2. The zero-order valence-electron chi connectivity index (χ0n) is 13.4. The van der Waals surface area contributed by atoms with Crippen LogP contribution in [-0.4, -0.2) is 33.4 Å². The number of methoxy groups -OCH3 is 1. The molecule has 8 nitrogen and oxygen atoms in total. The second kappa shape index (κ2) is 7.42. The molecular weight excluding hydrogens is 322 g/mol. The number of rotatable bonds is 6. The maximum atomic E-state index is 12.3. The van der Waals surface area contributed by atoms with Crippen molar-refractivity contribution in [1.82, 2.24) is 5.32 Å². The van der Waals surface area contributed by atoms with Gasteiger partial charge in [-0.25, -0.2) is 13.6 Å². The van der Waals surface area contributed by atoms with Crippen molar-refractivity contribution in [3.05, 3.63) is 18.2 Å². The molecule has 0 saturated heterocycles. The molecule has 0 spiro atoms. The first kappa shape index (κ1) is 18.9. The summed E-state index contributed by atoms with van der Waals surface area (Å²) >= 11 is 0. The molecule has 0 aliphatic rings. The van der Waals surface area contributed by atoms with Crippen molar-refractivity contribution in [1.29, 1.82) is 0 Å². The molecule has 0 unspecified atom stereocenters. The van der Waals surface area contributed by atoms with E-state index in [1.54, 1.807) is 13.8 Å². The predicted molar refractivity (Wildman–Crippen MR) is 85.4 cm³/mol. The van der Waals surface area contributed by atoms with Gasteiger partial charge in [0.05, 0.1) is 7.11 Å². The third-order valence-corrected chi connectivity index (χ3v) is 3.98. The molecule has 2 amide bonds. The molecule has 0 aliphatic heterocycles. The Morgan fingerprint density at radius 2 is 1.87 bits per heavy atom. The van der Waals surface area contributed by atoms with Crippen molar-refractivity contribution in [3.8, 4) is 5.75 Å². The van der Waals surface area contributed by atoms with E-state index in [1.165, 1.54) is 32.2 Å². The summed E-state index contributed by atoms with van der Waals surface area (Å²) in [7, 11) is -2.69. The molecule has 23 heavy (non-hydrogen) atoms. The molecule has 0 saturated carbocycles. The van der Waals surface area contributed by atoms with Gasteiger partial charge in [0.15, 0.2) is 0 Å². The number of carbonyl (C=O) groups is 2. The van der Waals surface area contributed by atoms with Crippen LogP contribution in [0.25, 0.3) is 0 Å². The van der Waals surface area contributed by atoms with Crippen molar-refractivity contribution in [2.24, 2.45) is 11.1 Å². The number of primary sulfonamides is 1. The highest BCUT2D eigenvalue weighted by Crippen LogP contribution is 2.26. The van der Waals surface area contributed by atoms with E-state index in [0.717, 1.165) is 0 Å².